The van der Waals surface area contributed by atoms with Crippen LogP contribution in [0.3, 0.4) is 0 Å². The number of carbonyl (C=O) groups is 1. The third kappa shape index (κ3) is 2.90. The van der Waals surface area contributed by atoms with Crippen molar-refractivity contribution in [3.05, 3.63) is 39.6 Å². The van der Waals surface area contributed by atoms with Crippen molar-refractivity contribution in [3.8, 4) is 0 Å². The monoisotopic (exact) mass is 277 g/mol. The fraction of sp³-hybridized carbons (Fsp3) is 0.308. The molecular weight excluding hydrogens is 262 g/mol. The number of aryl methyl sites for hydroxylation is 2. The minimum atomic E-state index is -0.954. The van der Waals surface area contributed by atoms with Crippen LogP contribution in [-0.2, 0) is 6.54 Å². The molecule has 0 aliphatic rings. The van der Waals surface area contributed by atoms with Crippen molar-refractivity contribution >= 4 is 23.0 Å². The third-order valence-corrected chi connectivity index (χ3v) is 3.45. The van der Waals surface area contributed by atoms with Gasteiger partial charge in [-0.3, -0.25) is 4.98 Å². The van der Waals surface area contributed by atoms with Crippen LogP contribution in [0.15, 0.2) is 17.0 Å². The summed E-state index contributed by atoms with van der Waals surface area (Å²) in [6.07, 6.45) is 0. The highest BCUT2D eigenvalue weighted by Crippen LogP contribution is 2.24. The van der Waals surface area contributed by atoms with Crippen molar-refractivity contribution in [3.63, 3.8) is 0 Å². The minimum Gasteiger partial charge on any atom is -0.478 e. The SMILES string of the molecule is Cc1cc(N(C)Cc2cscn2)c(C(=O)O)c(C)n1. The van der Waals surface area contributed by atoms with Gasteiger partial charge in [0.15, 0.2) is 0 Å². The van der Waals surface area contributed by atoms with E-state index in [9.17, 15) is 9.90 Å². The molecule has 0 bridgehead atoms. The number of hydrogen-bond acceptors (Lipinski definition) is 5. The maximum absolute atomic E-state index is 11.4. The summed E-state index contributed by atoms with van der Waals surface area (Å²) in [7, 11) is 1.86. The lowest BCUT2D eigenvalue weighted by atomic mass is 10.1. The zero-order valence-corrected chi connectivity index (χ0v) is 11.9. The number of aromatic nitrogens is 2. The summed E-state index contributed by atoms with van der Waals surface area (Å²) in [5, 5.41) is 11.3. The number of rotatable bonds is 4. The molecule has 0 saturated carbocycles. The summed E-state index contributed by atoms with van der Waals surface area (Å²) >= 11 is 1.53. The topological polar surface area (TPSA) is 66.3 Å². The first-order valence-corrected chi connectivity index (χ1v) is 6.73. The largest absolute Gasteiger partial charge is 0.478 e. The van der Waals surface area contributed by atoms with E-state index >= 15 is 0 Å². The van der Waals surface area contributed by atoms with Crippen molar-refractivity contribution in [1.82, 2.24) is 9.97 Å². The summed E-state index contributed by atoms with van der Waals surface area (Å²) in [5.74, 6) is -0.954. The quantitative estimate of drug-likeness (QED) is 0.930. The molecule has 0 atom stereocenters. The normalized spacial score (nSPS) is 10.5. The highest BCUT2D eigenvalue weighted by atomic mass is 32.1. The Labute approximate surface area is 115 Å². The summed E-state index contributed by atoms with van der Waals surface area (Å²) < 4.78 is 0. The second kappa shape index (κ2) is 5.36. The molecule has 0 spiro atoms. The zero-order valence-electron chi connectivity index (χ0n) is 11.0. The molecule has 0 unspecified atom stereocenters. The molecule has 0 amide bonds. The van der Waals surface area contributed by atoms with Crippen LogP contribution >= 0.6 is 11.3 Å². The van der Waals surface area contributed by atoms with Crippen LogP contribution in [0.5, 0.6) is 0 Å². The Balaban J connectivity index is 2.40. The first kappa shape index (κ1) is 13.5. The summed E-state index contributed by atoms with van der Waals surface area (Å²) in [6, 6.07) is 1.79. The molecule has 19 heavy (non-hydrogen) atoms. The maximum Gasteiger partial charge on any atom is 0.339 e. The molecule has 0 radical (unpaired) electrons. The van der Waals surface area contributed by atoms with Crippen molar-refractivity contribution in [2.75, 3.05) is 11.9 Å². The van der Waals surface area contributed by atoms with E-state index < -0.39 is 5.97 Å². The summed E-state index contributed by atoms with van der Waals surface area (Å²) in [6.45, 7) is 4.15. The molecule has 6 heteroatoms. The number of hydrogen-bond donors (Lipinski definition) is 1. The van der Waals surface area contributed by atoms with E-state index in [1.165, 1.54) is 11.3 Å². The second-order valence-corrected chi connectivity index (χ2v) is 5.10. The Bertz CT molecular complexity index is 596. The fourth-order valence-corrected chi connectivity index (χ4v) is 2.57. The van der Waals surface area contributed by atoms with E-state index in [1.54, 1.807) is 18.5 Å². The predicted molar refractivity (Wildman–Crippen MR) is 74.9 cm³/mol. The lowest BCUT2D eigenvalue weighted by molar-refractivity contribution is 0.0696. The Morgan fingerprint density at radius 3 is 2.79 bits per heavy atom. The van der Waals surface area contributed by atoms with Gasteiger partial charge in [-0.15, -0.1) is 11.3 Å². The summed E-state index contributed by atoms with van der Waals surface area (Å²) in [5.41, 5.74) is 4.96. The van der Waals surface area contributed by atoms with E-state index in [1.807, 2.05) is 24.3 Å². The van der Waals surface area contributed by atoms with Gasteiger partial charge in [0, 0.05) is 18.1 Å². The predicted octanol–water partition coefficient (Wildman–Crippen LogP) is 2.49. The van der Waals surface area contributed by atoms with Crippen molar-refractivity contribution in [1.29, 1.82) is 0 Å². The molecule has 2 aromatic heterocycles. The van der Waals surface area contributed by atoms with Crippen molar-refractivity contribution in [2.24, 2.45) is 0 Å². The van der Waals surface area contributed by atoms with Gasteiger partial charge in [0.2, 0.25) is 0 Å². The Morgan fingerprint density at radius 1 is 1.47 bits per heavy atom. The van der Waals surface area contributed by atoms with Crippen LogP contribution in [0.2, 0.25) is 0 Å². The third-order valence-electron chi connectivity index (χ3n) is 2.82. The molecule has 0 fully saturated rings. The highest BCUT2D eigenvalue weighted by molar-refractivity contribution is 7.07. The standard InChI is InChI=1S/C13H15N3O2S/c1-8-4-11(12(13(17)18)9(2)15-8)16(3)5-10-6-19-7-14-10/h4,6-7H,5H2,1-3H3,(H,17,18). The van der Waals surface area contributed by atoms with Crippen LogP contribution in [0.1, 0.15) is 27.4 Å². The van der Waals surface area contributed by atoms with Gasteiger partial charge in [-0.2, -0.15) is 0 Å². The van der Waals surface area contributed by atoms with Gasteiger partial charge in [-0.25, -0.2) is 9.78 Å². The summed E-state index contributed by atoms with van der Waals surface area (Å²) in [4.78, 5) is 21.7. The van der Waals surface area contributed by atoms with Gasteiger partial charge in [0.1, 0.15) is 5.56 Å². The van der Waals surface area contributed by atoms with E-state index in [4.69, 9.17) is 0 Å². The van der Waals surface area contributed by atoms with Crippen LogP contribution < -0.4 is 4.90 Å². The average Bonchev–Trinajstić information content (AvgIpc) is 2.79. The van der Waals surface area contributed by atoms with Gasteiger partial charge in [-0.05, 0) is 19.9 Å². The number of carboxylic acids is 1. The Morgan fingerprint density at radius 2 is 2.21 bits per heavy atom. The molecule has 0 aromatic carbocycles. The molecule has 0 aliphatic carbocycles. The molecule has 100 valence electrons. The van der Waals surface area contributed by atoms with Gasteiger partial charge in [-0.1, -0.05) is 0 Å². The Hall–Kier alpha value is -1.95. The van der Waals surface area contributed by atoms with Crippen LogP contribution in [0, 0.1) is 13.8 Å². The van der Waals surface area contributed by atoms with Crippen LogP contribution in [0.4, 0.5) is 5.69 Å². The van der Waals surface area contributed by atoms with E-state index in [2.05, 4.69) is 9.97 Å². The van der Waals surface area contributed by atoms with Crippen LogP contribution in [-0.4, -0.2) is 28.1 Å². The number of aromatic carboxylic acids is 1. The smallest absolute Gasteiger partial charge is 0.339 e. The molecule has 2 rings (SSSR count). The van der Waals surface area contributed by atoms with E-state index in [-0.39, 0.29) is 5.56 Å². The molecule has 2 heterocycles. The molecule has 1 N–H and O–H groups in total. The number of thiazole rings is 1. The van der Waals surface area contributed by atoms with Crippen molar-refractivity contribution < 1.29 is 9.90 Å². The van der Waals surface area contributed by atoms with Crippen molar-refractivity contribution in [2.45, 2.75) is 20.4 Å². The zero-order chi connectivity index (χ0) is 14.0. The molecule has 5 nitrogen and oxygen atoms in total. The van der Waals surface area contributed by atoms with Crippen LogP contribution in [0.25, 0.3) is 0 Å². The first-order chi connectivity index (χ1) is 8.99. The van der Waals surface area contributed by atoms with E-state index in [0.717, 1.165) is 11.4 Å². The fourth-order valence-electron chi connectivity index (χ4n) is 2.02. The molecular formula is C13H15N3O2S. The second-order valence-electron chi connectivity index (χ2n) is 4.38. The average molecular weight is 277 g/mol. The molecule has 0 saturated heterocycles. The lowest BCUT2D eigenvalue weighted by Gasteiger charge is -2.21. The number of anilines is 1. The number of carboxylic acid groups (broad SMARTS) is 1. The number of pyridine rings is 1. The number of nitrogens with zero attached hydrogens (tertiary/aromatic N) is 3. The molecule has 0 aliphatic heterocycles. The Kier molecular flexibility index (Phi) is 3.80. The lowest BCUT2D eigenvalue weighted by Crippen LogP contribution is -2.21. The van der Waals surface area contributed by atoms with Gasteiger partial charge < -0.3 is 10.0 Å². The minimum absolute atomic E-state index is 0.253. The first-order valence-electron chi connectivity index (χ1n) is 5.78. The van der Waals surface area contributed by atoms with Gasteiger partial charge in [0.25, 0.3) is 0 Å². The van der Waals surface area contributed by atoms with E-state index in [0.29, 0.717) is 17.9 Å². The highest BCUT2D eigenvalue weighted by Gasteiger charge is 2.18. The van der Waals surface area contributed by atoms with Gasteiger partial charge in [0.05, 0.1) is 29.1 Å². The molecule has 2 aromatic rings. The maximum atomic E-state index is 11.4. The van der Waals surface area contributed by atoms with Gasteiger partial charge >= 0.3 is 5.97 Å².